The van der Waals surface area contributed by atoms with Gasteiger partial charge in [-0.1, -0.05) is 0 Å². The predicted molar refractivity (Wildman–Crippen MR) is 73.8 cm³/mol. The first kappa shape index (κ1) is 14.0. The summed E-state index contributed by atoms with van der Waals surface area (Å²) >= 11 is 0. The molecule has 0 aliphatic carbocycles. The first-order chi connectivity index (χ1) is 9.38. The van der Waals surface area contributed by atoms with E-state index < -0.39 is 4.92 Å². The van der Waals surface area contributed by atoms with Gasteiger partial charge in [-0.3, -0.25) is 10.1 Å². The SMILES string of the molecule is Cc1cc([N+](=O)[O-])ccc1Oc1c(C)cc(F)cc1C. The highest BCUT2D eigenvalue weighted by Gasteiger charge is 2.12. The molecule has 0 spiro atoms. The average molecular weight is 275 g/mol. The van der Waals surface area contributed by atoms with E-state index >= 15 is 0 Å². The maximum Gasteiger partial charge on any atom is 0.269 e. The van der Waals surface area contributed by atoms with Crippen molar-refractivity contribution in [3.8, 4) is 11.5 Å². The van der Waals surface area contributed by atoms with Gasteiger partial charge in [0.05, 0.1) is 4.92 Å². The monoisotopic (exact) mass is 275 g/mol. The lowest BCUT2D eigenvalue weighted by Crippen LogP contribution is -1.95. The fourth-order valence-corrected chi connectivity index (χ4v) is 2.03. The highest BCUT2D eigenvalue weighted by atomic mass is 19.1. The Labute approximate surface area is 116 Å². The van der Waals surface area contributed by atoms with Crippen LogP contribution in [0.1, 0.15) is 16.7 Å². The van der Waals surface area contributed by atoms with Gasteiger partial charge in [0, 0.05) is 12.1 Å². The second-order valence-electron chi connectivity index (χ2n) is 4.68. The molecule has 0 aromatic heterocycles. The Bertz CT molecular complexity index is 660. The van der Waals surface area contributed by atoms with Crippen molar-refractivity contribution >= 4 is 5.69 Å². The van der Waals surface area contributed by atoms with Crippen LogP contribution in [-0.4, -0.2) is 4.92 Å². The minimum atomic E-state index is -0.453. The van der Waals surface area contributed by atoms with Crippen LogP contribution in [0.2, 0.25) is 0 Å². The zero-order valence-corrected chi connectivity index (χ0v) is 11.4. The minimum Gasteiger partial charge on any atom is -0.457 e. The molecule has 0 saturated carbocycles. The number of rotatable bonds is 3. The molecule has 0 aliphatic rings. The quantitative estimate of drug-likeness (QED) is 0.614. The number of hydrogen-bond donors (Lipinski definition) is 0. The lowest BCUT2D eigenvalue weighted by Gasteiger charge is -2.13. The molecule has 0 fully saturated rings. The molecule has 5 heteroatoms. The minimum absolute atomic E-state index is 0.0161. The van der Waals surface area contributed by atoms with Crippen molar-refractivity contribution in [3.63, 3.8) is 0 Å². The van der Waals surface area contributed by atoms with Crippen LogP contribution in [-0.2, 0) is 0 Å². The zero-order chi connectivity index (χ0) is 14.9. The number of halogens is 1. The van der Waals surface area contributed by atoms with Crippen LogP contribution in [0.3, 0.4) is 0 Å². The van der Waals surface area contributed by atoms with Gasteiger partial charge < -0.3 is 4.74 Å². The molecular weight excluding hydrogens is 261 g/mol. The summed E-state index contributed by atoms with van der Waals surface area (Å²) in [5.41, 5.74) is 2.03. The molecule has 0 aliphatic heterocycles. The molecule has 0 bridgehead atoms. The van der Waals surface area contributed by atoms with Crippen molar-refractivity contribution in [3.05, 3.63) is 63.0 Å². The summed E-state index contributed by atoms with van der Waals surface area (Å²) in [6.45, 7) is 5.24. The van der Waals surface area contributed by atoms with Crippen molar-refractivity contribution in [2.75, 3.05) is 0 Å². The van der Waals surface area contributed by atoms with Crippen LogP contribution in [0, 0.1) is 36.7 Å². The molecule has 104 valence electrons. The fourth-order valence-electron chi connectivity index (χ4n) is 2.03. The summed E-state index contributed by atoms with van der Waals surface area (Å²) in [5, 5.41) is 10.7. The second-order valence-corrected chi connectivity index (χ2v) is 4.68. The highest BCUT2D eigenvalue weighted by molar-refractivity contribution is 5.48. The lowest BCUT2D eigenvalue weighted by atomic mass is 10.1. The number of hydrogen-bond acceptors (Lipinski definition) is 3. The predicted octanol–water partition coefficient (Wildman–Crippen LogP) is 4.45. The zero-order valence-electron chi connectivity index (χ0n) is 11.4. The van der Waals surface area contributed by atoms with Crippen molar-refractivity contribution in [1.82, 2.24) is 0 Å². The Morgan fingerprint density at radius 3 is 2.15 bits per heavy atom. The molecule has 2 aromatic rings. The summed E-state index contributed by atoms with van der Waals surface area (Å²) in [7, 11) is 0. The Balaban J connectivity index is 2.38. The largest absolute Gasteiger partial charge is 0.457 e. The van der Waals surface area contributed by atoms with Gasteiger partial charge in [-0.15, -0.1) is 0 Å². The van der Waals surface area contributed by atoms with Gasteiger partial charge in [0.15, 0.2) is 0 Å². The number of aryl methyl sites for hydroxylation is 3. The molecule has 0 atom stereocenters. The van der Waals surface area contributed by atoms with Crippen molar-refractivity contribution in [1.29, 1.82) is 0 Å². The Kier molecular flexibility index (Phi) is 3.70. The normalized spacial score (nSPS) is 10.4. The molecule has 4 nitrogen and oxygen atoms in total. The average Bonchev–Trinajstić information content (AvgIpc) is 2.34. The van der Waals surface area contributed by atoms with E-state index in [9.17, 15) is 14.5 Å². The van der Waals surface area contributed by atoms with Gasteiger partial charge in [-0.2, -0.15) is 0 Å². The van der Waals surface area contributed by atoms with E-state index in [1.807, 2.05) is 0 Å². The smallest absolute Gasteiger partial charge is 0.269 e. The summed E-state index contributed by atoms with van der Waals surface area (Å²) in [5.74, 6) is 0.782. The molecule has 2 aromatic carbocycles. The fraction of sp³-hybridized carbons (Fsp3) is 0.200. The third-order valence-electron chi connectivity index (χ3n) is 3.01. The maximum absolute atomic E-state index is 13.2. The first-order valence-electron chi connectivity index (χ1n) is 6.08. The number of nitro benzene ring substituents is 1. The molecular formula is C15H14FNO3. The lowest BCUT2D eigenvalue weighted by molar-refractivity contribution is -0.384. The summed E-state index contributed by atoms with van der Waals surface area (Å²) in [6, 6.07) is 7.17. The number of ether oxygens (including phenoxy) is 1. The van der Waals surface area contributed by atoms with E-state index in [-0.39, 0.29) is 11.5 Å². The summed E-state index contributed by atoms with van der Waals surface area (Å²) in [4.78, 5) is 10.2. The van der Waals surface area contributed by atoms with Crippen molar-refractivity contribution < 1.29 is 14.1 Å². The number of non-ortho nitro benzene ring substituents is 1. The Hall–Kier alpha value is -2.43. The van der Waals surface area contributed by atoms with E-state index in [1.54, 1.807) is 26.8 Å². The first-order valence-corrected chi connectivity index (χ1v) is 6.08. The van der Waals surface area contributed by atoms with Gasteiger partial charge >= 0.3 is 0 Å². The molecule has 0 unspecified atom stereocenters. The summed E-state index contributed by atoms with van der Waals surface area (Å²) < 4.78 is 19.0. The third-order valence-corrected chi connectivity index (χ3v) is 3.01. The Morgan fingerprint density at radius 1 is 1.05 bits per heavy atom. The van der Waals surface area contributed by atoms with Crippen LogP contribution in [0.25, 0.3) is 0 Å². The molecule has 0 radical (unpaired) electrons. The van der Waals surface area contributed by atoms with Crippen LogP contribution in [0.4, 0.5) is 10.1 Å². The second kappa shape index (κ2) is 5.28. The molecule has 0 saturated heterocycles. The topological polar surface area (TPSA) is 52.4 Å². The number of nitro groups is 1. The van der Waals surface area contributed by atoms with Crippen molar-refractivity contribution in [2.24, 2.45) is 0 Å². The van der Waals surface area contributed by atoms with Gasteiger partial charge in [0.1, 0.15) is 17.3 Å². The Morgan fingerprint density at radius 2 is 1.65 bits per heavy atom. The van der Waals surface area contributed by atoms with E-state index in [1.165, 1.54) is 24.3 Å². The van der Waals surface area contributed by atoms with E-state index in [4.69, 9.17) is 4.74 Å². The van der Waals surface area contributed by atoms with Crippen LogP contribution >= 0.6 is 0 Å². The maximum atomic E-state index is 13.2. The standard InChI is InChI=1S/C15H14FNO3/c1-9-8-13(17(18)19)4-5-14(9)20-15-10(2)6-12(16)7-11(15)3/h4-8H,1-3H3. The highest BCUT2D eigenvalue weighted by Crippen LogP contribution is 2.32. The molecule has 2 rings (SSSR count). The van der Waals surface area contributed by atoms with Crippen LogP contribution < -0.4 is 4.74 Å². The van der Waals surface area contributed by atoms with Crippen LogP contribution in [0.15, 0.2) is 30.3 Å². The third kappa shape index (κ3) is 2.77. The molecule has 20 heavy (non-hydrogen) atoms. The summed E-state index contributed by atoms with van der Waals surface area (Å²) in [6.07, 6.45) is 0. The molecule has 0 amide bonds. The number of benzene rings is 2. The molecule has 0 heterocycles. The van der Waals surface area contributed by atoms with E-state index in [2.05, 4.69) is 0 Å². The van der Waals surface area contributed by atoms with E-state index in [0.29, 0.717) is 28.2 Å². The van der Waals surface area contributed by atoms with Crippen LogP contribution in [0.5, 0.6) is 11.5 Å². The van der Waals surface area contributed by atoms with Gasteiger partial charge in [0.2, 0.25) is 0 Å². The van der Waals surface area contributed by atoms with Gasteiger partial charge in [-0.25, -0.2) is 4.39 Å². The number of nitrogens with zero attached hydrogens (tertiary/aromatic N) is 1. The van der Waals surface area contributed by atoms with Crippen molar-refractivity contribution in [2.45, 2.75) is 20.8 Å². The van der Waals surface area contributed by atoms with E-state index in [0.717, 1.165) is 0 Å². The van der Waals surface area contributed by atoms with Gasteiger partial charge in [-0.05, 0) is 55.7 Å². The molecule has 0 N–H and O–H groups in total. The van der Waals surface area contributed by atoms with Gasteiger partial charge in [0.25, 0.3) is 5.69 Å².